The SMILES string of the molecule is CN1C(SCc2ccc(Cl)c(Cl)c2)=N[C@@H]2CS(=O)(=O)C[C@@H]21. The lowest BCUT2D eigenvalue weighted by Crippen LogP contribution is -2.35. The first kappa shape index (κ1) is 15.5. The Morgan fingerprint density at radius 2 is 2.10 bits per heavy atom. The van der Waals surface area contributed by atoms with Gasteiger partial charge in [-0.25, -0.2) is 8.42 Å². The number of hydrogen-bond acceptors (Lipinski definition) is 5. The Balaban J connectivity index is 1.68. The van der Waals surface area contributed by atoms with Gasteiger partial charge in [-0.05, 0) is 17.7 Å². The van der Waals surface area contributed by atoms with Gasteiger partial charge >= 0.3 is 0 Å². The molecule has 0 spiro atoms. The molecule has 0 unspecified atom stereocenters. The van der Waals surface area contributed by atoms with E-state index in [1.165, 1.54) is 0 Å². The second kappa shape index (κ2) is 5.65. The van der Waals surface area contributed by atoms with Crippen LogP contribution in [0.3, 0.4) is 0 Å². The van der Waals surface area contributed by atoms with Crippen molar-refractivity contribution in [3.8, 4) is 0 Å². The first-order valence-corrected chi connectivity index (χ1v) is 10.00. The number of halogens is 2. The van der Waals surface area contributed by atoms with Crippen molar-refractivity contribution in [1.82, 2.24) is 4.90 Å². The molecule has 0 N–H and O–H groups in total. The van der Waals surface area contributed by atoms with E-state index in [2.05, 4.69) is 4.99 Å². The Hall–Kier alpha value is -0.430. The third-order valence-corrected chi connectivity index (χ3v) is 7.29. The number of fused-ring (bicyclic) bond motifs is 1. The zero-order valence-corrected chi connectivity index (χ0v) is 14.4. The maximum Gasteiger partial charge on any atom is 0.159 e. The second-order valence-corrected chi connectivity index (χ2v) is 9.18. The van der Waals surface area contributed by atoms with E-state index in [1.54, 1.807) is 17.8 Å². The van der Waals surface area contributed by atoms with Crippen LogP contribution >= 0.6 is 35.0 Å². The number of amidine groups is 1. The third-order valence-electron chi connectivity index (χ3n) is 3.72. The highest BCUT2D eigenvalue weighted by atomic mass is 35.5. The second-order valence-electron chi connectivity index (χ2n) is 5.27. The summed E-state index contributed by atoms with van der Waals surface area (Å²) < 4.78 is 23.2. The van der Waals surface area contributed by atoms with Gasteiger partial charge in [0.1, 0.15) is 0 Å². The number of hydrogen-bond donors (Lipinski definition) is 0. The van der Waals surface area contributed by atoms with Gasteiger partial charge in [0.25, 0.3) is 0 Å². The molecule has 2 heterocycles. The van der Waals surface area contributed by atoms with E-state index >= 15 is 0 Å². The van der Waals surface area contributed by atoms with Crippen LogP contribution in [0.25, 0.3) is 0 Å². The predicted molar refractivity (Wildman–Crippen MR) is 89.2 cm³/mol. The van der Waals surface area contributed by atoms with E-state index in [9.17, 15) is 8.42 Å². The number of benzene rings is 1. The van der Waals surface area contributed by atoms with Gasteiger partial charge in [-0.1, -0.05) is 41.0 Å². The van der Waals surface area contributed by atoms with Crippen LogP contribution in [0.1, 0.15) is 5.56 Å². The van der Waals surface area contributed by atoms with Crippen molar-refractivity contribution < 1.29 is 8.42 Å². The lowest BCUT2D eigenvalue weighted by Gasteiger charge is -2.20. The molecule has 0 aromatic heterocycles. The van der Waals surface area contributed by atoms with Gasteiger partial charge < -0.3 is 4.90 Å². The Kier molecular flexibility index (Phi) is 4.16. The first-order valence-electron chi connectivity index (χ1n) is 6.43. The van der Waals surface area contributed by atoms with E-state index in [1.807, 2.05) is 24.1 Å². The van der Waals surface area contributed by atoms with Gasteiger partial charge in [0, 0.05) is 12.8 Å². The molecule has 1 aromatic carbocycles. The Morgan fingerprint density at radius 1 is 1.33 bits per heavy atom. The number of thioether (sulfide) groups is 1. The summed E-state index contributed by atoms with van der Waals surface area (Å²) in [5, 5.41) is 1.98. The molecule has 0 radical (unpaired) electrons. The predicted octanol–water partition coefficient (Wildman–Crippen LogP) is 2.69. The number of nitrogens with zero attached hydrogens (tertiary/aromatic N) is 2. The first-order chi connectivity index (χ1) is 9.85. The Morgan fingerprint density at radius 3 is 2.76 bits per heavy atom. The number of likely N-dealkylation sites (N-methyl/N-ethyl adjacent to an activating group) is 1. The zero-order chi connectivity index (χ0) is 15.2. The lowest BCUT2D eigenvalue weighted by atomic mass is 10.2. The van der Waals surface area contributed by atoms with E-state index in [0.717, 1.165) is 16.5 Å². The van der Waals surface area contributed by atoms with Crippen LogP contribution in [0.4, 0.5) is 0 Å². The lowest BCUT2D eigenvalue weighted by molar-refractivity contribution is 0.410. The summed E-state index contributed by atoms with van der Waals surface area (Å²) in [4.78, 5) is 6.53. The Labute approximate surface area is 138 Å². The van der Waals surface area contributed by atoms with Crippen molar-refractivity contribution in [3.05, 3.63) is 33.8 Å². The molecule has 1 fully saturated rings. The fourth-order valence-corrected chi connectivity index (χ4v) is 5.86. The standard InChI is InChI=1S/C13H14Cl2N2O2S2/c1-17-12-7-21(18,19)6-11(12)16-13(17)20-5-8-2-3-9(14)10(15)4-8/h2-4,11-12H,5-7H2,1H3/t11-,12+/m1/s1. The molecule has 2 aliphatic heterocycles. The molecule has 2 aliphatic rings. The summed E-state index contributed by atoms with van der Waals surface area (Å²) in [6.45, 7) is 0. The fraction of sp³-hybridized carbons (Fsp3) is 0.462. The van der Waals surface area contributed by atoms with Crippen LogP contribution in [-0.2, 0) is 15.6 Å². The topological polar surface area (TPSA) is 49.7 Å². The van der Waals surface area contributed by atoms with Crippen LogP contribution in [-0.4, -0.2) is 49.1 Å². The summed E-state index contributed by atoms with van der Waals surface area (Å²) in [6.07, 6.45) is 0. The quantitative estimate of drug-likeness (QED) is 0.809. The molecule has 1 saturated heterocycles. The van der Waals surface area contributed by atoms with E-state index < -0.39 is 9.84 Å². The minimum atomic E-state index is -2.93. The molecular weight excluding hydrogens is 351 g/mol. The highest BCUT2D eigenvalue weighted by Gasteiger charge is 2.44. The average Bonchev–Trinajstić information content (AvgIpc) is 2.85. The highest BCUT2D eigenvalue weighted by molar-refractivity contribution is 8.13. The molecular formula is C13H14Cl2N2O2S2. The molecule has 1 aromatic rings. The van der Waals surface area contributed by atoms with Crippen molar-refractivity contribution in [2.75, 3.05) is 18.6 Å². The van der Waals surface area contributed by atoms with Crippen LogP contribution in [0.15, 0.2) is 23.2 Å². The summed E-state index contributed by atoms with van der Waals surface area (Å²) >= 11 is 13.5. The number of sulfone groups is 1. The molecule has 3 rings (SSSR count). The van der Waals surface area contributed by atoms with Crippen LogP contribution < -0.4 is 0 Å². The van der Waals surface area contributed by atoms with E-state index in [0.29, 0.717) is 10.0 Å². The summed E-state index contributed by atoms with van der Waals surface area (Å²) in [5.74, 6) is 1.10. The number of rotatable bonds is 2. The summed E-state index contributed by atoms with van der Waals surface area (Å²) in [7, 11) is -1.02. The van der Waals surface area contributed by atoms with Crippen molar-refractivity contribution in [3.63, 3.8) is 0 Å². The zero-order valence-electron chi connectivity index (χ0n) is 11.3. The van der Waals surface area contributed by atoms with E-state index in [-0.39, 0.29) is 23.6 Å². The Bertz CT molecular complexity index is 706. The average molecular weight is 365 g/mol. The van der Waals surface area contributed by atoms with Gasteiger partial charge in [0.15, 0.2) is 15.0 Å². The van der Waals surface area contributed by atoms with E-state index in [4.69, 9.17) is 23.2 Å². The van der Waals surface area contributed by atoms with Crippen molar-refractivity contribution in [2.45, 2.75) is 17.8 Å². The molecule has 0 amide bonds. The van der Waals surface area contributed by atoms with Gasteiger partial charge in [0.2, 0.25) is 0 Å². The molecule has 21 heavy (non-hydrogen) atoms. The van der Waals surface area contributed by atoms with Gasteiger partial charge in [-0.3, -0.25) is 4.99 Å². The fourth-order valence-electron chi connectivity index (χ4n) is 2.59. The minimum Gasteiger partial charge on any atom is -0.348 e. The van der Waals surface area contributed by atoms with Crippen molar-refractivity contribution in [1.29, 1.82) is 0 Å². The molecule has 2 atom stereocenters. The van der Waals surface area contributed by atoms with Crippen molar-refractivity contribution in [2.24, 2.45) is 4.99 Å². The largest absolute Gasteiger partial charge is 0.348 e. The molecule has 0 aliphatic carbocycles. The maximum atomic E-state index is 11.6. The van der Waals surface area contributed by atoms with Crippen LogP contribution in [0.5, 0.6) is 0 Å². The summed E-state index contributed by atoms with van der Waals surface area (Å²) in [5.41, 5.74) is 1.06. The number of aliphatic imine (C=N–C) groups is 1. The van der Waals surface area contributed by atoms with Gasteiger partial charge in [-0.15, -0.1) is 0 Å². The van der Waals surface area contributed by atoms with Gasteiger partial charge in [-0.2, -0.15) is 0 Å². The molecule has 114 valence electrons. The van der Waals surface area contributed by atoms with Crippen LogP contribution in [0.2, 0.25) is 10.0 Å². The molecule has 0 saturated carbocycles. The van der Waals surface area contributed by atoms with Gasteiger partial charge in [0.05, 0.1) is 33.6 Å². The highest BCUT2D eigenvalue weighted by Crippen LogP contribution is 2.31. The molecule has 8 heteroatoms. The van der Waals surface area contributed by atoms with Crippen LogP contribution in [0, 0.1) is 0 Å². The monoisotopic (exact) mass is 364 g/mol. The summed E-state index contributed by atoms with van der Waals surface area (Å²) in [6, 6.07) is 5.43. The smallest absolute Gasteiger partial charge is 0.159 e. The molecule has 4 nitrogen and oxygen atoms in total. The van der Waals surface area contributed by atoms with Crippen molar-refractivity contribution >= 4 is 50.0 Å². The molecule has 0 bridgehead atoms. The normalized spacial score (nSPS) is 26.8. The third kappa shape index (κ3) is 3.18. The minimum absolute atomic E-state index is 0.00805. The maximum absolute atomic E-state index is 11.6.